The molecule has 25 heavy (non-hydrogen) atoms. The number of ketones is 1. The molecule has 1 aliphatic rings. The standard InChI is InChI=1S/C20H21ClN2O2/c1-12-10-19(22-17-7-5-16(21)6-8-17)18-11-15(13(2)24)4-9-20(18)23(12)14(3)25/h4-9,11-12,19,22H,10H2,1-3H3. The van der Waals surface area contributed by atoms with E-state index in [-0.39, 0.29) is 23.8 Å². The van der Waals surface area contributed by atoms with Gasteiger partial charge in [-0.25, -0.2) is 0 Å². The number of rotatable bonds is 3. The maximum Gasteiger partial charge on any atom is 0.224 e. The van der Waals surface area contributed by atoms with E-state index in [0.29, 0.717) is 10.6 Å². The van der Waals surface area contributed by atoms with E-state index >= 15 is 0 Å². The lowest BCUT2D eigenvalue weighted by atomic mass is 9.89. The van der Waals surface area contributed by atoms with Crippen molar-refractivity contribution in [3.63, 3.8) is 0 Å². The maximum atomic E-state index is 12.1. The fourth-order valence-electron chi connectivity index (χ4n) is 3.45. The zero-order valence-electron chi connectivity index (χ0n) is 14.5. The summed E-state index contributed by atoms with van der Waals surface area (Å²) in [6.45, 7) is 5.17. The van der Waals surface area contributed by atoms with E-state index in [4.69, 9.17) is 11.6 Å². The number of nitrogens with zero attached hydrogens (tertiary/aromatic N) is 1. The van der Waals surface area contributed by atoms with Crippen molar-refractivity contribution in [2.45, 2.75) is 39.3 Å². The maximum absolute atomic E-state index is 12.1. The van der Waals surface area contributed by atoms with Gasteiger partial charge in [-0.3, -0.25) is 9.59 Å². The number of anilines is 2. The van der Waals surface area contributed by atoms with Crippen molar-refractivity contribution >= 4 is 34.7 Å². The van der Waals surface area contributed by atoms with Crippen LogP contribution in [0.3, 0.4) is 0 Å². The number of Topliss-reactive ketones (excluding diaryl/α,β-unsaturated/α-hetero) is 1. The fourth-order valence-corrected chi connectivity index (χ4v) is 3.57. The van der Waals surface area contributed by atoms with Crippen molar-refractivity contribution in [3.8, 4) is 0 Å². The van der Waals surface area contributed by atoms with E-state index in [1.165, 1.54) is 0 Å². The summed E-state index contributed by atoms with van der Waals surface area (Å²) in [6.07, 6.45) is 0.760. The topological polar surface area (TPSA) is 49.4 Å². The number of carbonyl (C=O) groups is 2. The van der Waals surface area contributed by atoms with E-state index in [9.17, 15) is 9.59 Å². The van der Waals surface area contributed by atoms with Crippen LogP contribution in [0.15, 0.2) is 42.5 Å². The molecule has 0 bridgehead atoms. The lowest BCUT2D eigenvalue weighted by Gasteiger charge is -2.39. The molecule has 4 nitrogen and oxygen atoms in total. The van der Waals surface area contributed by atoms with E-state index in [0.717, 1.165) is 23.4 Å². The quantitative estimate of drug-likeness (QED) is 0.800. The molecule has 0 aliphatic carbocycles. The third-order valence-electron chi connectivity index (χ3n) is 4.61. The van der Waals surface area contributed by atoms with E-state index in [1.807, 2.05) is 43.3 Å². The second kappa shape index (κ2) is 6.89. The van der Waals surface area contributed by atoms with Crippen molar-refractivity contribution in [2.75, 3.05) is 10.2 Å². The van der Waals surface area contributed by atoms with Crippen LogP contribution in [0.1, 0.15) is 49.2 Å². The number of carbonyl (C=O) groups excluding carboxylic acids is 2. The van der Waals surface area contributed by atoms with Crippen LogP contribution < -0.4 is 10.2 Å². The van der Waals surface area contributed by atoms with Crippen molar-refractivity contribution in [1.82, 2.24) is 0 Å². The van der Waals surface area contributed by atoms with E-state index < -0.39 is 0 Å². The molecule has 0 saturated carbocycles. The highest BCUT2D eigenvalue weighted by Crippen LogP contribution is 2.39. The lowest BCUT2D eigenvalue weighted by molar-refractivity contribution is -0.117. The van der Waals surface area contributed by atoms with Gasteiger partial charge in [0.1, 0.15) is 0 Å². The van der Waals surface area contributed by atoms with Gasteiger partial charge < -0.3 is 10.2 Å². The van der Waals surface area contributed by atoms with Crippen LogP contribution in [-0.2, 0) is 4.79 Å². The predicted octanol–water partition coefficient (Wildman–Crippen LogP) is 4.84. The van der Waals surface area contributed by atoms with Gasteiger partial charge in [0.2, 0.25) is 5.91 Å². The Hall–Kier alpha value is -2.33. The zero-order chi connectivity index (χ0) is 18.1. The van der Waals surface area contributed by atoms with Crippen LogP contribution in [0.2, 0.25) is 5.02 Å². The molecule has 1 N–H and O–H groups in total. The Labute approximate surface area is 152 Å². The SMILES string of the molecule is CC(=O)c1ccc2c(c1)C(Nc1ccc(Cl)cc1)CC(C)N2C(C)=O. The van der Waals surface area contributed by atoms with Crippen LogP contribution in [0, 0.1) is 0 Å². The molecule has 2 aromatic rings. The Balaban J connectivity index is 2.03. The monoisotopic (exact) mass is 356 g/mol. The lowest BCUT2D eigenvalue weighted by Crippen LogP contribution is -2.43. The minimum atomic E-state index is 0.00858. The predicted molar refractivity (Wildman–Crippen MR) is 102 cm³/mol. The van der Waals surface area contributed by atoms with Crippen LogP contribution in [0.25, 0.3) is 0 Å². The molecular formula is C20H21ClN2O2. The normalized spacial score (nSPS) is 19.3. The molecule has 130 valence electrons. The van der Waals surface area contributed by atoms with Gasteiger partial charge in [-0.15, -0.1) is 0 Å². The van der Waals surface area contributed by atoms with Crippen LogP contribution >= 0.6 is 11.6 Å². The van der Waals surface area contributed by atoms with Crippen molar-refractivity contribution in [3.05, 3.63) is 58.6 Å². The Morgan fingerprint density at radius 1 is 1.12 bits per heavy atom. The molecule has 1 heterocycles. The summed E-state index contributed by atoms with van der Waals surface area (Å²) in [5.41, 5.74) is 3.44. The minimum Gasteiger partial charge on any atom is -0.378 e. The molecule has 0 saturated heterocycles. The van der Waals surface area contributed by atoms with Crippen LogP contribution in [0.4, 0.5) is 11.4 Å². The molecule has 0 radical (unpaired) electrons. The highest BCUT2D eigenvalue weighted by molar-refractivity contribution is 6.30. The second-order valence-electron chi connectivity index (χ2n) is 6.51. The van der Waals surface area contributed by atoms with Gasteiger partial charge in [-0.05, 0) is 68.3 Å². The summed E-state index contributed by atoms with van der Waals surface area (Å²) in [7, 11) is 0. The molecule has 3 rings (SSSR count). The molecule has 0 spiro atoms. The summed E-state index contributed by atoms with van der Waals surface area (Å²) in [4.78, 5) is 25.7. The molecule has 2 atom stereocenters. The molecule has 1 amide bonds. The first-order chi connectivity index (χ1) is 11.9. The van der Waals surface area contributed by atoms with Gasteiger partial charge in [0, 0.05) is 34.9 Å². The molecule has 5 heteroatoms. The minimum absolute atomic E-state index is 0.00858. The Kier molecular flexibility index (Phi) is 4.82. The van der Waals surface area contributed by atoms with E-state index in [1.54, 1.807) is 24.8 Å². The first kappa shape index (κ1) is 17.5. The third kappa shape index (κ3) is 3.54. The highest BCUT2D eigenvalue weighted by Gasteiger charge is 2.32. The first-order valence-corrected chi connectivity index (χ1v) is 8.71. The Morgan fingerprint density at radius 3 is 2.40 bits per heavy atom. The van der Waals surface area contributed by atoms with Crippen molar-refractivity contribution in [1.29, 1.82) is 0 Å². The number of halogens is 1. The summed E-state index contributed by atoms with van der Waals surface area (Å²) in [5.74, 6) is 0.0234. The average Bonchev–Trinajstić information content (AvgIpc) is 2.56. The van der Waals surface area contributed by atoms with Crippen molar-refractivity contribution in [2.24, 2.45) is 0 Å². The number of fused-ring (bicyclic) bond motifs is 1. The molecule has 0 fully saturated rings. The van der Waals surface area contributed by atoms with Gasteiger partial charge in [0.05, 0.1) is 6.04 Å². The van der Waals surface area contributed by atoms with Gasteiger partial charge in [0.15, 0.2) is 5.78 Å². The Morgan fingerprint density at radius 2 is 1.80 bits per heavy atom. The van der Waals surface area contributed by atoms with Gasteiger partial charge >= 0.3 is 0 Å². The highest BCUT2D eigenvalue weighted by atomic mass is 35.5. The first-order valence-electron chi connectivity index (χ1n) is 8.33. The molecule has 0 aromatic heterocycles. The zero-order valence-corrected chi connectivity index (χ0v) is 15.3. The van der Waals surface area contributed by atoms with Gasteiger partial charge in [-0.2, -0.15) is 0 Å². The number of nitrogens with one attached hydrogen (secondary N) is 1. The summed E-state index contributed by atoms with van der Waals surface area (Å²) >= 11 is 5.96. The number of hydrogen-bond donors (Lipinski definition) is 1. The van der Waals surface area contributed by atoms with Gasteiger partial charge in [0.25, 0.3) is 0 Å². The van der Waals surface area contributed by atoms with Crippen LogP contribution in [-0.4, -0.2) is 17.7 Å². The molecule has 2 unspecified atom stereocenters. The van der Waals surface area contributed by atoms with E-state index in [2.05, 4.69) is 5.32 Å². The summed E-state index contributed by atoms with van der Waals surface area (Å²) < 4.78 is 0. The van der Waals surface area contributed by atoms with Crippen LogP contribution in [0.5, 0.6) is 0 Å². The average molecular weight is 357 g/mol. The fraction of sp³-hybridized carbons (Fsp3) is 0.300. The largest absolute Gasteiger partial charge is 0.378 e. The smallest absolute Gasteiger partial charge is 0.224 e. The Bertz CT molecular complexity index is 817. The summed E-state index contributed by atoms with van der Waals surface area (Å²) in [5, 5.41) is 4.20. The molecular weight excluding hydrogens is 336 g/mol. The number of hydrogen-bond acceptors (Lipinski definition) is 3. The molecule has 1 aliphatic heterocycles. The summed E-state index contributed by atoms with van der Waals surface area (Å²) in [6, 6.07) is 13.2. The number of benzene rings is 2. The van der Waals surface area contributed by atoms with Gasteiger partial charge in [-0.1, -0.05) is 11.6 Å². The second-order valence-corrected chi connectivity index (χ2v) is 6.94. The number of amides is 1. The molecule has 2 aromatic carbocycles. The van der Waals surface area contributed by atoms with Crippen molar-refractivity contribution < 1.29 is 9.59 Å². The third-order valence-corrected chi connectivity index (χ3v) is 4.86.